The second-order valence-corrected chi connectivity index (χ2v) is 5.97. The van der Waals surface area contributed by atoms with Gasteiger partial charge in [-0.05, 0) is 25.8 Å². The van der Waals surface area contributed by atoms with Crippen molar-refractivity contribution in [3.63, 3.8) is 0 Å². The lowest BCUT2D eigenvalue weighted by atomic mass is 10.2. The molecule has 1 N–H and O–H groups in total. The highest BCUT2D eigenvalue weighted by molar-refractivity contribution is 7.99. The van der Waals surface area contributed by atoms with Gasteiger partial charge in [0.2, 0.25) is 5.91 Å². The Morgan fingerprint density at radius 1 is 1.28 bits per heavy atom. The third-order valence-electron chi connectivity index (χ3n) is 2.82. The molecule has 0 unspecified atom stereocenters. The van der Waals surface area contributed by atoms with Gasteiger partial charge >= 0.3 is 0 Å². The summed E-state index contributed by atoms with van der Waals surface area (Å²) < 4.78 is 0. The zero-order valence-corrected chi connectivity index (χ0v) is 12.3. The van der Waals surface area contributed by atoms with Crippen LogP contribution >= 0.6 is 11.8 Å². The summed E-state index contributed by atoms with van der Waals surface area (Å²) in [5.74, 6) is 1.04. The molecular formula is C15H23NOS. The Labute approximate surface area is 115 Å². The van der Waals surface area contributed by atoms with Crippen molar-refractivity contribution in [2.75, 3.05) is 0 Å². The number of hydrogen-bond donors (Lipinski definition) is 1. The number of carbonyl (C=O) groups excluding carboxylic acids is 1. The van der Waals surface area contributed by atoms with Crippen molar-refractivity contribution in [1.29, 1.82) is 0 Å². The van der Waals surface area contributed by atoms with Gasteiger partial charge in [0.15, 0.2) is 0 Å². The van der Waals surface area contributed by atoms with E-state index in [0.717, 1.165) is 18.6 Å². The van der Waals surface area contributed by atoms with Gasteiger partial charge in [-0.3, -0.25) is 4.79 Å². The maximum Gasteiger partial charge on any atom is 0.233 e. The molecule has 3 heteroatoms. The molecule has 0 saturated carbocycles. The van der Waals surface area contributed by atoms with Gasteiger partial charge in [0.05, 0.1) is 5.25 Å². The Hall–Kier alpha value is -0.960. The van der Waals surface area contributed by atoms with Crippen LogP contribution in [0.2, 0.25) is 0 Å². The fourth-order valence-electron chi connectivity index (χ4n) is 1.74. The Morgan fingerprint density at radius 3 is 2.56 bits per heavy atom. The van der Waals surface area contributed by atoms with Gasteiger partial charge in [0, 0.05) is 11.8 Å². The third-order valence-corrected chi connectivity index (χ3v) is 4.04. The van der Waals surface area contributed by atoms with Crippen molar-refractivity contribution >= 4 is 17.7 Å². The minimum absolute atomic E-state index is 0.00418. The van der Waals surface area contributed by atoms with Crippen LogP contribution in [0.5, 0.6) is 0 Å². The van der Waals surface area contributed by atoms with E-state index in [1.54, 1.807) is 11.8 Å². The highest BCUT2D eigenvalue weighted by atomic mass is 32.2. The molecule has 1 aromatic carbocycles. The Morgan fingerprint density at radius 2 is 1.94 bits per heavy atom. The molecule has 0 aliphatic heterocycles. The first-order valence-corrected chi connectivity index (χ1v) is 7.64. The third kappa shape index (κ3) is 5.58. The summed E-state index contributed by atoms with van der Waals surface area (Å²) in [5, 5.41) is 3.06. The van der Waals surface area contributed by atoms with Crippen molar-refractivity contribution in [2.24, 2.45) is 0 Å². The van der Waals surface area contributed by atoms with Gasteiger partial charge in [-0.1, -0.05) is 43.7 Å². The fraction of sp³-hybridized carbons (Fsp3) is 0.533. The molecule has 0 spiro atoms. The van der Waals surface area contributed by atoms with Gasteiger partial charge in [-0.15, -0.1) is 11.8 Å². The Bertz CT molecular complexity index is 353. The molecule has 1 aromatic rings. The topological polar surface area (TPSA) is 29.1 Å². The Kier molecular flexibility index (Phi) is 6.88. The summed E-state index contributed by atoms with van der Waals surface area (Å²) in [6, 6.07) is 10.5. The number of nitrogens with one attached hydrogen (secondary N) is 1. The summed E-state index contributed by atoms with van der Waals surface area (Å²) in [6.45, 7) is 6.17. The van der Waals surface area contributed by atoms with Gasteiger partial charge < -0.3 is 5.32 Å². The van der Waals surface area contributed by atoms with Gasteiger partial charge in [-0.2, -0.15) is 0 Å². The van der Waals surface area contributed by atoms with E-state index in [0.29, 0.717) is 0 Å². The van der Waals surface area contributed by atoms with E-state index in [-0.39, 0.29) is 17.2 Å². The normalized spacial score (nSPS) is 13.9. The molecule has 0 aliphatic rings. The summed E-state index contributed by atoms with van der Waals surface area (Å²) in [4.78, 5) is 11.9. The SMILES string of the molecule is CCC[C@@H](C)NC(=O)[C@@H](C)SCc1ccccc1. The molecular weight excluding hydrogens is 242 g/mol. The lowest BCUT2D eigenvalue weighted by molar-refractivity contribution is -0.120. The van der Waals surface area contributed by atoms with E-state index in [1.807, 2.05) is 25.1 Å². The van der Waals surface area contributed by atoms with Crippen LogP contribution < -0.4 is 5.32 Å². The van der Waals surface area contributed by atoms with Crippen LogP contribution in [-0.4, -0.2) is 17.2 Å². The lowest BCUT2D eigenvalue weighted by Crippen LogP contribution is -2.37. The van der Waals surface area contributed by atoms with E-state index >= 15 is 0 Å². The van der Waals surface area contributed by atoms with Crippen LogP contribution in [0.1, 0.15) is 39.2 Å². The van der Waals surface area contributed by atoms with E-state index in [9.17, 15) is 4.79 Å². The minimum Gasteiger partial charge on any atom is -0.353 e. The van der Waals surface area contributed by atoms with E-state index in [4.69, 9.17) is 0 Å². The van der Waals surface area contributed by atoms with Crippen LogP contribution in [0.25, 0.3) is 0 Å². The van der Waals surface area contributed by atoms with E-state index in [1.165, 1.54) is 5.56 Å². The monoisotopic (exact) mass is 265 g/mol. The first-order valence-electron chi connectivity index (χ1n) is 6.59. The zero-order valence-electron chi connectivity index (χ0n) is 11.5. The molecule has 1 amide bonds. The fourth-order valence-corrected chi connectivity index (χ4v) is 2.59. The van der Waals surface area contributed by atoms with Crippen molar-refractivity contribution in [1.82, 2.24) is 5.32 Å². The van der Waals surface area contributed by atoms with Crippen molar-refractivity contribution in [3.05, 3.63) is 35.9 Å². The van der Waals surface area contributed by atoms with Gasteiger partial charge in [0.25, 0.3) is 0 Å². The lowest BCUT2D eigenvalue weighted by Gasteiger charge is -2.16. The molecule has 1 rings (SSSR count). The molecule has 0 radical (unpaired) electrons. The number of rotatable bonds is 7. The predicted octanol–water partition coefficient (Wildman–Crippen LogP) is 3.61. The summed E-state index contributed by atoms with van der Waals surface area (Å²) in [7, 11) is 0. The highest BCUT2D eigenvalue weighted by Crippen LogP contribution is 2.17. The van der Waals surface area contributed by atoms with Crippen molar-refractivity contribution in [3.8, 4) is 0 Å². The average Bonchev–Trinajstić information content (AvgIpc) is 2.37. The number of thioether (sulfide) groups is 1. The molecule has 0 aromatic heterocycles. The molecule has 0 saturated heterocycles. The second-order valence-electron chi connectivity index (χ2n) is 4.64. The van der Waals surface area contributed by atoms with Crippen LogP contribution in [0.15, 0.2) is 30.3 Å². The van der Waals surface area contributed by atoms with Crippen LogP contribution in [0, 0.1) is 0 Å². The number of amides is 1. The minimum atomic E-state index is 0.00418. The second kappa shape index (κ2) is 8.20. The number of benzene rings is 1. The van der Waals surface area contributed by atoms with Gasteiger partial charge in [0.1, 0.15) is 0 Å². The Balaban J connectivity index is 2.32. The van der Waals surface area contributed by atoms with Gasteiger partial charge in [-0.25, -0.2) is 0 Å². The average molecular weight is 265 g/mol. The molecule has 0 heterocycles. The molecule has 2 atom stereocenters. The summed E-state index contributed by atoms with van der Waals surface area (Å²) in [5.41, 5.74) is 1.27. The van der Waals surface area contributed by atoms with Crippen molar-refractivity contribution < 1.29 is 4.79 Å². The molecule has 18 heavy (non-hydrogen) atoms. The maximum atomic E-state index is 11.9. The standard InChI is InChI=1S/C15H23NOS/c1-4-8-12(2)16-15(17)13(3)18-11-14-9-6-5-7-10-14/h5-7,9-10,12-13H,4,8,11H2,1-3H3,(H,16,17)/t12-,13-/m1/s1. The molecule has 2 nitrogen and oxygen atoms in total. The van der Waals surface area contributed by atoms with E-state index in [2.05, 4.69) is 31.3 Å². The largest absolute Gasteiger partial charge is 0.353 e. The predicted molar refractivity (Wildman–Crippen MR) is 79.7 cm³/mol. The van der Waals surface area contributed by atoms with Crippen LogP contribution in [0.3, 0.4) is 0 Å². The van der Waals surface area contributed by atoms with E-state index < -0.39 is 0 Å². The van der Waals surface area contributed by atoms with Crippen LogP contribution in [0.4, 0.5) is 0 Å². The summed E-state index contributed by atoms with van der Waals surface area (Å²) >= 11 is 1.69. The smallest absolute Gasteiger partial charge is 0.233 e. The number of hydrogen-bond acceptors (Lipinski definition) is 2. The molecule has 0 fully saturated rings. The first kappa shape index (κ1) is 15.1. The highest BCUT2D eigenvalue weighted by Gasteiger charge is 2.15. The summed E-state index contributed by atoms with van der Waals surface area (Å²) in [6.07, 6.45) is 2.15. The van der Waals surface area contributed by atoms with Crippen LogP contribution in [-0.2, 0) is 10.5 Å². The quantitative estimate of drug-likeness (QED) is 0.816. The molecule has 0 aliphatic carbocycles. The maximum absolute atomic E-state index is 11.9. The van der Waals surface area contributed by atoms with Crippen molar-refractivity contribution in [2.45, 2.75) is 50.7 Å². The molecule has 100 valence electrons. The zero-order chi connectivity index (χ0) is 13.4. The number of carbonyl (C=O) groups is 1. The molecule has 0 bridgehead atoms. The first-order chi connectivity index (χ1) is 8.63.